The number of ether oxygens (including phenoxy) is 2. The van der Waals surface area contributed by atoms with Gasteiger partial charge in [-0.3, -0.25) is 4.68 Å². The van der Waals surface area contributed by atoms with Gasteiger partial charge in [-0.05, 0) is 50.7 Å². The first-order valence-electron chi connectivity index (χ1n) is 9.22. The van der Waals surface area contributed by atoms with E-state index in [0.29, 0.717) is 35.1 Å². The predicted octanol–water partition coefficient (Wildman–Crippen LogP) is 3.85. The minimum absolute atomic E-state index is 0.0649. The predicted molar refractivity (Wildman–Crippen MR) is 96.6 cm³/mol. The van der Waals surface area contributed by atoms with Crippen molar-refractivity contribution in [1.82, 2.24) is 14.8 Å². The first kappa shape index (κ1) is 18.2. The summed E-state index contributed by atoms with van der Waals surface area (Å²) in [5.41, 5.74) is 8.14. The molecule has 2 aliphatic rings. The van der Waals surface area contributed by atoms with Gasteiger partial charge in [0.25, 0.3) is 0 Å². The van der Waals surface area contributed by atoms with Crippen molar-refractivity contribution in [3.63, 3.8) is 0 Å². The summed E-state index contributed by atoms with van der Waals surface area (Å²) >= 11 is 0. The lowest BCUT2D eigenvalue weighted by Crippen LogP contribution is -2.12. The molecule has 0 spiro atoms. The maximum atomic E-state index is 12.6. The lowest BCUT2D eigenvalue weighted by molar-refractivity contribution is -0.0494. The minimum Gasteiger partial charge on any atom is -0.431 e. The highest BCUT2D eigenvalue weighted by Crippen LogP contribution is 2.63. The second kappa shape index (κ2) is 6.74. The monoisotopic (exact) mass is 378 g/mol. The van der Waals surface area contributed by atoms with Crippen LogP contribution >= 0.6 is 0 Å². The van der Waals surface area contributed by atoms with Crippen LogP contribution in [0, 0.1) is 11.8 Å². The third-order valence-electron chi connectivity index (χ3n) is 5.72. The maximum Gasteiger partial charge on any atom is 0.387 e. The molecule has 8 heteroatoms. The van der Waals surface area contributed by atoms with Gasteiger partial charge in [-0.1, -0.05) is 0 Å². The number of nitrogens with zero attached hydrogens (tertiary/aromatic N) is 3. The van der Waals surface area contributed by atoms with Gasteiger partial charge in [-0.25, -0.2) is 4.98 Å². The van der Waals surface area contributed by atoms with Crippen LogP contribution in [0.5, 0.6) is 5.75 Å². The Bertz CT molecular complexity index is 827. The Hall–Kier alpha value is -2.22. The molecule has 4 rings (SSSR count). The van der Waals surface area contributed by atoms with Crippen LogP contribution in [0.4, 0.5) is 14.6 Å². The zero-order chi connectivity index (χ0) is 19.3. The summed E-state index contributed by atoms with van der Waals surface area (Å²) in [7, 11) is 1.77. The molecule has 0 saturated heterocycles. The Kier molecular flexibility index (Phi) is 4.53. The molecule has 2 N–H and O–H groups in total. The van der Waals surface area contributed by atoms with Gasteiger partial charge in [0, 0.05) is 36.5 Å². The van der Waals surface area contributed by atoms with Gasteiger partial charge in [-0.15, -0.1) is 0 Å². The number of alkyl halides is 2. The van der Waals surface area contributed by atoms with Crippen LogP contribution < -0.4 is 10.5 Å². The van der Waals surface area contributed by atoms with Gasteiger partial charge in [0.1, 0.15) is 0 Å². The summed E-state index contributed by atoms with van der Waals surface area (Å²) in [6.45, 7) is 1.22. The zero-order valence-corrected chi connectivity index (χ0v) is 15.6. The van der Waals surface area contributed by atoms with Gasteiger partial charge >= 0.3 is 6.61 Å². The van der Waals surface area contributed by atoms with Gasteiger partial charge < -0.3 is 15.2 Å². The number of pyridine rings is 1. The fourth-order valence-electron chi connectivity index (χ4n) is 4.42. The van der Waals surface area contributed by atoms with Crippen molar-refractivity contribution in [2.75, 3.05) is 12.8 Å². The molecule has 2 heterocycles. The molecule has 0 unspecified atom stereocenters. The average molecular weight is 378 g/mol. The molecule has 2 aromatic heterocycles. The molecule has 27 heavy (non-hydrogen) atoms. The fraction of sp³-hybridized carbons (Fsp3) is 0.579. The average Bonchev–Trinajstić information content (AvgIpc) is 3.01. The molecule has 0 aromatic carbocycles. The van der Waals surface area contributed by atoms with E-state index in [1.54, 1.807) is 13.3 Å². The second-order valence-corrected chi connectivity index (χ2v) is 7.66. The first-order chi connectivity index (χ1) is 12.9. The van der Waals surface area contributed by atoms with Crippen LogP contribution in [0.2, 0.25) is 0 Å². The maximum absolute atomic E-state index is 12.6. The standard InChI is InChI=1S/C19H24F2N4O2/c1-9(2)25-15(17-12-5-11(26-3)6-13(12)17)7-14(24-25)10-4-16(27-19(20)21)18(22)23-8-10/h4,7-9,11-13,17,19H,5-6H2,1-3H3,(H2,22,23)/t11-,12-,13+,17+. The van der Waals surface area contributed by atoms with Crippen molar-refractivity contribution in [1.29, 1.82) is 0 Å². The summed E-state index contributed by atoms with van der Waals surface area (Å²) in [4.78, 5) is 3.98. The van der Waals surface area contributed by atoms with E-state index >= 15 is 0 Å². The minimum atomic E-state index is -2.95. The molecule has 0 bridgehead atoms. The molecule has 0 amide bonds. The van der Waals surface area contributed by atoms with E-state index < -0.39 is 6.61 Å². The number of methoxy groups -OCH3 is 1. The fourth-order valence-corrected chi connectivity index (χ4v) is 4.42. The number of nitrogen functional groups attached to an aromatic ring is 1. The Labute approximate surface area is 156 Å². The summed E-state index contributed by atoms with van der Waals surface area (Å²) in [6, 6.07) is 3.72. The zero-order valence-electron chi connectivity index (χ0n) is 15.6. The van der Waals surface area contributed by atoms with E-state index in [1.807, 2.05) is 10.7 Å². The van der Waals surface area contributed by atoms with Gasteiger partial charge in [0.2, 0.25) is 0 Å². The number of anilines is 1. The van der Waals surface area contributed by atoms with Crippen molar-refractivity contribution in [3.05, 3.63) is 24.0 Å². The largest absolute Gasteiger partial charge is 0.431 e. The molecule has 2 aliphatic carbocycles. The van der Waals surface area contributed by atoms with Crippen molar-refractivity contribution in [2.45, 2.75) is 51.4 Å². The number of nitrogens with two attached hydrogens (primary N) is 1. The quantitative estimate of drug-likeness (QED) is 0.826. The van der Waals surface area contributed by atoms with Crippen LogP contribution in [0.3, 0.4) is 0 Å². The second-order valence-electron chi connectivity index (χ2n) is 7.66. The number of fused-ring (bicyclic) bond motifs is 1. The summed E-state index contributed by atoms with van der Waals surface area (Å²) in [5, 5.41) is 4.72. The molecular formula is C19H24F2N4O2. The van der Waals surface area contributed by atoms with Crippen LogP contribution in [0.25, 0.3) is 11.3 Å². The topological polar surface area (TPSA) is 75.2 Å². The number of hydrogen-bond donors (Lipinski definition) is 1. The summed E-state index contributed by atoms with van der Waals surface area (Å²) in [5.74, 6) is 1.57. The number of rotatable bonds is 6. The third kappa shape index (κ3) is 3.26. The molecule has 0 aliphatic heterocycles. The van der Waals surface area contributed by atoms with Crippen LogP contribution in [0.1, 0.15) is 44.3 Å². The molecule has 4 atom stereocenters. The van der Waals surface area contributed by atoms with E-state index in [-0.39, 0.29) is 17.6 Å². The van der Waals surface area contributed by atoms with Crippen LogP contribution in [-0.2, 0) is 4.74 Å². The van der Waals surface area contributed by atoms with Crippen LogP contribution in [0.15, 0.2) is 18.3 Å². The van der Waals surface area contributed by atoms with E-state index in [0.717, 1.165) is 12.8 Å². The SMILES string of the molecule is CO[C@@H]1C[C@@H]2[C@H](C1)[C@H]2c1cc(-c2cnc(N)c(OC(F)F)c2)nn1C(C)C. The number of halogens is 2. The normalized spacial score (nSPS) is 26.6. The van der Waals surface area contributed by atoms with Crippen molar-refractivity contribution >= 4 is 5.82 Å². The molecular weight excluding hydrogens is 354 g/mol. The Morgan fingerprint density at radius 1 is 1.22 bits per heavy atom. The highest BCUT2D eigenvalue weighted by Gasteiger charge is 2.58. The highest BCUT2D eigenvalue weighted by molar-refractivity contribution is 5.64. The number of hydrogen-bond acceptors (Lipinski definition) is 5. The first-order valence-corrected chi connectivity index (χ1v) is 9.22. The third-order valence-corrected chi connectivity index (χ3v) is 5.72. The molecule has 0 radical (unpaired) electrons. The highest BCUT2D eigenvalue weighted by atomic mass is 19.3. The molecule has 2 aromatic rings. The van der Waals surface area contributed by atoms with Crippen molar-refractivity contribution in [2.24, 2.45) is 11.8 Å². The Balaban J connectivity index is 1.64. The van der Waals surface area contributed by atoms with E-state index in [2.05, 4.69) is 23.6 Å². The lowest BCUT2D eigenvalue weighted by atomic mass is 10.1. The molecule has 2 fully saturated rings. The Morgan fingerprint density at radius 3 is 2.52 bits per heavy atom. The van der Waals surface area contributed by atoms with Crippen LogP contribution in [-0.4, -0.2) is 34.6 Å². The van der Waals surface area contributed by atoms with E-state index in [4.69, 9.17) is 15.6 Å². The van der Waals surface area contributed by atoms with Gasteiger partial charge in [0.15, 0.2) is 11.6 Å². The van der Waals surface area contributed by atoms with E-state index in [1.165, 1.54) is 11.8 Å². The molecule has 146 valence electrons. The summed E-state index contributed by atoms with van der Waals surface area (Å²) < 4.78 is 37.1. The van der Waals surface area contributed by atoms with Crippen molar-refractivity contribution < 1.29 is 18.3 Å². The van der Waals surface area contributed by atoms with Gasteiger partial charge in [-0.2, -0.15) is 13.9 Å². The molecule has 6 nitrogen and oxygen atoms in total. The lowest BCUT2D eigenvalue weighted by Gasteiger charge is -2.15. The smallest absolute Gasteiger partial charge is 0.387 e. The Morgan fingerprint density at radius 2 is 1.93 bits per heavy atom. The summed E-state index contributed by atoms with van der Waals surface area (Å²) in [6.07, 6.45) is 4.07. The van der Waals surface area contributed by atoms with E-state index in [9.17, 15) is 8.78 Å². The number of aromatic nitrogens is 3. The van der Waals surface area contributed by atoms with Gasteiger partial charge in [0.05, 0.1) is 11.8 Å². The van der Waals surface area contributed by atoms with Crippen molar-refractivity contribution in [3.8, 4) is 17.0 Å². The molecule has 2 saturated carbocycles.